The molecule has 1 fully saturated rings. The fourth-order valence-corrected chi connectivity index (χ4v) is 4.45. The van der Waals surface area contributed by atoms with Crippen LogP contribution in [0.3, 0.4) is 0 Å². The SMILES string of the molecule is COc1cc(F)c(C(O)C2CCCCS2(=O)=O)c(F)c1. The lowest BCUT2D eigenvalue weighted by Crippen LogP contribution is -2.34. The molecule has 1 aromatic carbocycles. The largest absolute Gasteiger partial charge is 0.497 e. The molecule has 0 amide bonds. The van der Waals surface area contributed by atoms with E-state index in [0.29, 0.717) is 12.8 Å². The van der Waals surface area contributed by atoms with Crippen molar-refractivity contribution in [2.45, 2.75) is 30.6 Å². The molecule has 112 valence electrons. The van der Waals surface area contributed by atoms with Gasteiger partial charge >= 0.3 is 0 Å². The second kappa shape index (κ2) is 5.65. The lowest BCUT2D eigenvalue weighted by Gasteiger charge is -2.27. The average Bonchev–Trinajstić information content (AvgIpc) is 2.36. The summed E-state index contributed by atoms with van der Waals surface area (Å²) in [5.74, 6) is -2.10. The first-order valence-electron chi connectivity index (χ1n) is 6.29. The van der Waals surface area contributed by atoms with Crippen LogP contribution in [0.1, 0.15) is 30.9 Å². The predicted octanol–water partition coefficient (Wildman–Crippen LogP) is 1.97. The zero-order valence-electron chi connectivity index (χ0n) is 11.0. The van der Waals surface area contributed by atoms with Crippen molar-refractivity contribution in [3.63, 3.8) is 0 Å². The molecular weight excluding hydrogens is 290 g/mol. The molecule has 1 aliphatic rings. The maximum absolute atomic E-state index is 13.9. The van der Waals surface area contributed by atoms with Gasteiger partial charge in [0.05, 0.1) is 23.7 Å². The molecule has 7 heteroatoms. The molecule has 1 aliphatic heterocycles. The van der Waals surface area contributed by atoms with E-state index in [1.165, 1.54) is 7.11 Å². The highest BCUT2D eigenvalue weighted by atomic mass is 32.2. The summed E-state index contributed by atoms with van der Waals surface area (Å²) in [5, 5.41) is 8.95. The Bertz CT molecular complexity index is 577. The second-order valence-corrected chi connectivity index (χ2v) is 7.19. The molecule has 0 spiro atoms. The van der Waals surface area contributed by atoms with Crippen LogP contribution in [-0.4, -0.2) is 31.6 Å². The Morgan fingerprint density at radius 3 is 2.40 bits per heavy atom. The molecule has 0 radical (unpaired) electrons. The number of aliphatic hydroxyl groups excluding tert-OH is 1. The van der Waals surface area contributed by atoms with Crippen LogP contribution in [0, 0.1) is 11.6 Å². The van der Waals surface area contributed by atoms with Gasteiger partial charge in [-0.15, -0.1) is 0 Å². The molecule has 0 aromatic heterocycles. The van der Waals surface area contributed by atoms with Crippen molar-refractivity contribution in [1.82, 2.24) is 0 Å². The fraction of sp³-hybridized carbons (Fsp3) is 0.538. The van der Waals surface area contributed by atoms with Crippen LogP contribution in [0.4, 0.5) is 8.78 Å². The highest BCUT2D eigenvalue weighted by Crippen LogP contribution is 2.34. The van der Waals surface area contributed by atoms with Gasteiger partial charge in [-0.1, -0.05) is 6.42 Å². The molecule has 1 aromatic rings. The predicted molar refractivity (Wildman–Crippen MR) is 69.3 cm³/mol. The number of ether oxygens (including phenoxy) is 1. The number of rotatable bonds is 3. The van der Waals surface area contributed by atoms with Crippen LogP contribution in [0.2, 0.25) is 0 Å². The van der Waals surface area contributed by atoms with Crippen molar-refractivity contribution in [3.05, 3.63) is 29.3 Å². The van der Waals surface area contributed by atoms with E-state index in [0.717, 1.165) is 12.1 Å². The Hall–Kier alpha value is -1.21. The summed E-state index contributed by atoms with van der Waals surface area (Å²) in [7, 11) is -2.27. The molecule has 20 heavy (non-hydrogen) atoms. The van der Waals surface area contributed by atoms with E-state index in [2.05, 4.69) is 0 Å². The highest BCUT2D eigenvalue weighted by Gasteiger charge is 2.38. The molecular formula is C13H16F2O4S. The zero-order valence-corrected chi connectivity index (χ0v) is 11.8. The van der Waals surface area contributed by atoms with Crippen LogP contribution < -0.4 is 4.74 Å². The number of hydrogen-bond acceptors (Lipinski definition) is 4. The number of benzene rings is 1. The lowest BCUT2D eigenvalue weighted by atomic mass is 10.0. The molecule has 0 bridgehead atoms. The summed E-state index contributed by atoms with van der Waals surface area (Å²) in [6.07, 6.45) is -0.375. The summed E-state index contributed by atoms with van der Waals surface area (Å²) in [6.45, 7) is 0. The smallest absolute Gasteiger partial charge is 0.156 e. The monoisotopic (exact) mass is 306 g/mol. The van der Waals surface area contributed by atoms with Crippen molar-refractivity contribution in [2.75, 3.05) is 12.9 Å². The van der Waals surface area contributed by atoms with Crippen LogP contribution in [0.15, 0.2) is 12.1 Å². The van der Waals surface area contributed by atoms with Gasteiger partial charge in [0.25, 0.3) is 0 Å². The number of aliphatic hydroxyl groups is 1. The van der Waals surface area contributed by atoms with E-state index in [-0.39, 0.29) is 17.9 Å². The van der Waals surface area contributed by atoms with Gasteiger partial charge in [-0.3, -0.25) is 0 Å². The van der Waals surface area contributed by atoms with Gasteiger partial charge in [-0.05, 0) is 12.8 Å². The third-order valence-electron chi connectivity index (χ3n) is 3.56. The van der Waals surface area contributed by atoms with Crippen molar-refractivity contribution in [3.8, 4) is 5.75 Å². The number of halogens is 2. The fourth-order valence-electron chi connectivity index (χ4n) is 2.48. The van der Waals surface area contributed by atoms with Crippen molar-refractivity contribution < 1.29 is 27.0 Å². The van der Waals surface area contributed by atoms with Gasteiger partial charge in [0.15, 0.2) is 9.84 Å². The maximum Gasteiger partial charge on any atom is 0.156 e. The Morgan fingerprint density at radius 2 is 1.90 bits per heavy atom. The zero-order chi connectivity index (χ0) is 14.9. The van der Waals surface area contributed by atoms with Crippen LogP contribution >= 0.6 is 0 Å². The first-order chi connectivity index (χ1) is 9.36. The molecule has 0 saturated carbocycles. The summed E-state index contributed by atoms with van der Waals surface area (Å²) >= 11 is 0. The Kier molecular flexibility index (Phi) is 4.29. The third-order valence-corrected chi connectivity index (χ3v) is 5.84. The van der Waals surface area contributed by atoms with E-state index in [9.17, 15) is 22.3 Å². The summed E-state index contributed by atoms with van der Waals surface area (Å²) in [5.41, 5.74) is -0.610. The Morgan fingerprint density at radius 1 is 1.30 bits per heavy atom. The number of methoxy groups -OCH3 is 1. The number of sulfone groups is 1. The van der Waals surface area contributed by atoms with E-state index in [1.54, 1.807) is 0 Å². The van der Waals surface area contributed by atoms with Crippen LogP contribution in [0.5, 0.6) is 5.75 Å². The average molecular weight is 306 g/mol. The van der Waals surface area contributed by atoms with Crippen molar-refractivity contribution >= 4 is 9.84 Å². The minimum Gasteiger partial charge on any atom is -0.497 e. The highest BCUT2D eigenvalue weighted by molar-refractivity contribution is 7.92. The molecule has 0 aliphatic carbocycles. The van der Waals surface area contributed by atoms with Crippen LogP contribution in [0.25, 0.3) is 0 Å². The van der Waals surface area contributed by atoms with Gasteiger partial charge in [0.2, 0.25) is 0 Å². The second-order valence-electron chi connectivity index (χ2n) is 4.85. The Balaban J connectivity index is 2.40. The van der Waals surface area contributed by atoms with Gasteiger partial charge in [-0.25, -0.2) is 17.2 Å². The molecule has 1 saturated heterocycles. The van der Waals surface area contributed by atoms with Gasteiger partial charge in [-0.2, -0.15) is 0 Å². The van der Waals surface area contributed by atoms with E-state index < -0.39 is 38.4 Å². The minimum absolute atomic E-state index is 0.0255. The van der Waals surface area contributed by atoms with Crippen molar-refractivity contribution in [2.24, 2.45) is 0 Å². The first kappa shape index (κ1) is 15.2. The number of hydrogen-bond donors (Lipinski definition) is 1. The molecule has 4 nitrogen and oxygen atoms in total. The quantitative estimate of drug-likeness (QED) is 0.927. The maximum atomic E-state index is 13.9. The van der Waals surface area contributed by atoms with Crippen LogP contribution in [-0.2, 0) is 9.84 Å². The summed E-state index contributed by atoms with van der Waals surface area (Å²) < 4.78 is 56.3. The van der Waals surface area contributed by atoms with Gasteiger partial charge in [0.1, 0.15) is 23.5 Å². The Labute approximate surface area is 116 Å². The minimum atomic E-state index is -3.53. The van der Waals surface area contributed by atoms with E-state index in [4.69, 9.17) is 4.74 Å². The summed E-state index contributed by atoms with van der Waals surface area (Å²) in [4.78, 5) is 0. The topological polar surface area (TPSA) is 63.6 Å². The third kappa shape index (κ3) is 2.78. The summed E-state index contributed by atoms with van der Waals surface area (Å²) in [6, 6.07) is 1.86. The first-order valence-corrected chi connectivity index (χ1v) is 8.01. The van der Waals surface area contributed by atoms with E-state index >= 15 is 0 Å². The molecule has 2 rings (SSSR count). The molecule has 2 unspecified atom stereocenters. The molecule has 2 atom stereocenters. The normalized spacial score (nSPS) is 23.3. The standard InChI is InChI=1S/C13H16F2O4S/c1-19-8-6-9(14)12(10(15)7-8)13(16)11-4-2-3-5-20(11,17)18/h6-7,11,13,16H,2-5H2,1H3. The molecule has 1 N–H and O–H groups in total. The lowest BCUT2D eigenvalue weighted by molar-refractivity contribution is 0.155. The molecule has 1 heterocycles. The van der Waals surface area contributed by atoms with Gasteiger partial charge < -0.3 is 9.84 Å². The van der Waals surface area contributed by atoms with Gasteiger partial charge in [0, 0.05) is 12.1 Å². The van der Waals surface area contributed by atoms with Crippen molar-refractivity contribution in [1.29, 1.82) is 0 Å². The van der Waals surface area contributed by atoms with E-state index in [1.807, 2.05) is 0 Å².